The van der Waals surface area contributed by atoms with Gasteiger partial charge in [0.25, 0.3) is 0 Å². The minimum absolute atomic E-state index is 0.0836. The molecule has 1 aliphatic rings. The first-order chi connectivity index (χ1) is 15.3. The number of benzene rings is 3. The third-order valence-electron chi connectivity index (χ3n) is 5.83. The summed E-state index contributed by atoms with van der Waals surface area (Å²) in [7, 11) is 0. The first-order valence-corrected chi connectivity index (χ1v) is 10.3. The summed E-state index contributed by atoms with van der Waals surface area (Å²) in [4.78, 5) is 0. The molecule has 0 fully saturated rings. The van der Waals surface area contributed by atoms with Crippen LogP contribution in [0.2, 0.25) is 0 Å². The van der Waals surface area contributed by atoms with E-state index < -0.39 is 23.3 Å². The van der Waals surface area contributed by atoms with Gasteiger partial charge in [-0.15, -0.1) is 19.8 Å². The molecule has 0 aromatic heterocycles. The molecule has 0 amide bonds. The van der Waals surface area contributed by atoms with E-state index in [1.807, 2.05) is 30.3 Å². The van der Waals surface area contributed by atoms with Crippen LogP contribution in [-0.4, -0.2) is 6.36 Å². The van der Waals surface area contributed by atoms with Crippen molar-refractivity contribution in [3.8, 4) is 5.75 Å². The lowest BCUT2D eigenvalue weighted by Crippen LogP contribution is -2.23. The summed E-state index contributed by atoms with van der Waals surface area (Å²) in [6, 6.07) is 17.7. The van der Waals surface area contributed by atoms with Crippen LogP contribution in [0.3, 0.4) is 0 Å². The summed E-state index contributed by atoms with van der Waals surface area (Å²) < 4.78 is 56.1. The highest BCUT2D eigenvalue weighted by atomic mass is 19.4. The highest BCUT2D eigenvalue weighted by Crippen LogP contribution is 2.40. The van der Waals surface area contributed by atoms with Gasteiger partial charge in [0.15, 0.2) is 11.6 Å². The fourth-order valence-corrected chi connectivity index (χ4v) is 4.18. The normalized spacial score (nSPS) is 20.4. The summed E-state index contributed by atoms with van der Waals surface area (Å²) in [6.45, 7) is 3.83. The van der Waals surface area contributed by atoms with Gasteiger partial charge in [0.2, 0.25) is 0 Å². The molecule has 32 heavy (non-hydrogen) atoms. The fraction of sp³-hybridized carbons (Fsp3) is 0.185. The molecule has 0 saturated carbocycles. The second-order valence-electron chi connectivity index (χ2n) is 7.88. The zero-order chi connectivity index (χ0) is 22.8. The molecule has 0 N–H and O–H groups in total. The number of rotatable bonds is 6. The molecule has 0 spiro atoms. The van der Waals surface area contributed by atoms with Crippen LogP contribution in [0, 0.1) is 5.82 Å². The Hall–Kier alpha value is -3.34. The van der Waals surface area contributed by atoms with Gasteiger partial charge in [-0.25, -0.2) is 4.39 Å². The minimum Gasteiger partial charge on any atom is -0.403 e. The molecule has 0 aliphatic heterocycles. The summed E-state index contributed by atoms with van der Waals surface area (Å²) in [6.07, 6.45) is 7.08. The molecule has 164 valence electrons. The molecular weight excluding hydrogens is 416 g/mol. The summed E-state index contributed by atoms with van der Waals surface area (Å²) in [5.74, 6) is -1.69. The molecular formula is C27H22F4O. The lowest BCUT2D eigenvalue weighted by atomic mass is 9.72. The topological polar surface area (TPSA) is 9.23 Å². The number of hydrogen-bond acceptors (Lipinski definition) is 1. The van der Waals surface area contributed by atoms with Crippen molar-refractivity contribution in [2.24, 2.45) is 0 Å². The molecule has 0 atom stereocenters. The van der Waals surface area contributed by atoms with Crippen LogP contribution in [0.1, 0.15) is 29.9 Å². The van der Waals surface area contributed by atoms with E-state index in [4.69, 9.17) is 0 Å². The van der Waals surface area contributed by atoms with Crippen LogP contribution in [-0.2, 0) is 5.41 Å². The van der Waals surface area contributed by atoms with Gasteiger partial charge in [0, 0.05) is 16.7 Å². The maximum Gasteiger partial charge on any atom is 0.573 e. The van der Waals surface area contributed by atoms with E-state index >= 15 is 0 Å². The zero-order valence-corrected chi connectivity index (χ0v) is 17.3. The van der Waals surface area contributed by atoms with Crippen LogP contribution in [0.15, 0.2) is 97.6 Å². The van der Waals surface area contributed by atoms with Crippen molar-refractivity contribution in [3.05, 3.63) is 115 Å². The fourth-order valence-electron chi connectivity index (χ4n) is 4.18. The van der Waals surface area contributed by atoms with Crippen molar-refractivity contribution >= 4 is 10.8 Å². The third-order valence-corrected chi connectivity index (χ3v) is 5.83. The van der Waals surface area contributed by atoms with Crippen molar-refractivity contribution in [3.63, 3.8) is 0 Å². The molecule has 0 unspecified atom stereocenters. The van der Waals surface area contributed by atoms with E-state index in [1.54, 1.807) is 6.07 Å². The Labute approximate surface area is 184 Å². The number of fused-ring (bicyclic) bond motifs is 1. The summed E-state index contributed by atoms with van der Waals surface area (Å²) in [5.41, 5.74) is 1.72. The van der Waals surface area contributed by atoms with Crippen LogP contribution in [0.4, 0.5) is 17.6 Å². The van der Waals surface area contributed by atoms with E-state index in [1.165, 1.54) is 17.7 Å². The van der Waals surface area contributed by atoms with E-state index in [2.05, 4.69) is 47.8 Å². The second kappa shape index (κ2) is 8.65. The number of allylic oxidation sites excluding steroid dienone is 5. The van der Waals surface area contributed by atoms with Crippen LogP contribution in [0.5, 0.6) is 5.75 Å². The molecule has 4 rings (SSSR count). The maximum atomic E-state index is 14.6. The van der Waals surface area contributed by atoms with Crippen LogP contribution in [0.25, 0.3) is 10.8 Å². The lowest BCUT2D eigenvalue weighted by Gasteiger charge is -2.32. The quantitative estimate of drug-likeness (QED) is 0.280. The molecule has 3 aromatic rings. The highest BCUT2D eigenvalue weighted by Gasteiger charge is 2.33. The van der Waals surface area contributed by atoms with Crippen LogP contribution >= 0.6 is 0 Å². The smallest absolute Gasteiger partial charge is 0.403 e. The Bertz CT molecular complexity index is 1160. The summed E-state index contributed by atoms with van der Waals surface area (Å²) in [5, 5.41) is 0.597. The minimum atomic E-state index is -4.95. The van der Waals surface area contributed by atoms with Gasteiger partial charge in [0.1, 0.15) is 0 Å². The Morgan fingerprint density at radius 2 is 1.69 bits per heavy atom. The molecule has 1 aliphatic carbocycles. The van der Waals surface area contributed by atoms with Gasteiger partial charge in [-0.1, -0.05) is 78.9 Å². The standard InChI is InChI=1S/C27H22F4O/c1-2-3-15-26(16-13-20(14-17-26)19-7-5-4-6-8-19)22-10-11-23-21(18-22)9-12-24(25(23)28)32-27(29,30)31/h2,4-14,16-18,20H,1,3,15H2. The Morgan fingerprint density at radius 3 is 2.34 bits per heavy atom. The molecule has 3 aromatic carbocycles. The van der Waals surface area contributed by atoms with Crippen LogP contribution < -0.4 is 4.74 Å². The van der Waals surface area contributed by atoms with Gasteiger partial charge >= 0.3 is 6.36 Å². The zero-order valence-electron chi connectivity index (χ0n) is 17.3. The SMILES string of the molecule is C=CCCC1(c2ccc3c(F)c(OC(F)(F)F)ccc3c2)C=CC(c2ccccc2)C=C1. The molecule has 0 heterocycles. The predicted octanol–water partition coefficient (Wildman–Crippen LogP) is 7.99. The largest absolute Gasteiger partial charge is 0.573 e. The number of hydrogen-bond donors (Lipinski definition) is 0. The lowest BCUT2D eigenvalue weighted by molar-refractivity contribution is -0.275. The number of halogens is 4. The number of ether oxygens (including phenoxy) is 1. The second-order valence-corrected chi connectivity index (χ2v) is 7.88. The maximum absolute atomic E-state index is 14.6. The number of alkyl halides is 3. The van der Waals surface area contributed by atoms with Crippen molar-refractivity contribution in [1.82, 2.24) is 0 Å². The van der Waals surface area contributed by atoms with Gasteiger partial charge in [-0.05, 0) is 41.5 Å². The average molecular weight is 438 g/mol. The van der Waals surface area contributed by atoms with E-state index in [9.17, 15) is 17.6 Å². The molecule has 0 radical (unpaired) electrons. The monoisotopic (exact) mass is 438 g/mol. The van der Waals surface area contributed by atoms with Gasteiger partial charge in [-0.2, -0.15) is 0 Å². The van der Waals surface area contributed by atoms with Gasteiger partial charge in [-0.3, -0.25) is 0 Å². The van der Waals surface area contributed by atoms with E-state index in [0.717, 1.165) is 24.5 Å². The van der Waals surface area contributed by atoms with Crippen molar-refractivity contribution in [1.29, 1.82) is 0 Å². The average Bonchev–Trinajstić information content (AvgIpc) is 2.79. The van der Waals surface area contributed by atoms with Crippen molar-refractivity contribution in [2.45, 2.75) is 30.5 Å². The van der Waals surface area contributed by atoms with Crippen molar-refractivity contribution < 1.29 is 22.3 Å². The summed E-state index contributed by atoms with van der Waals surface area (Å²) >= 11 is 0. The van der Waals surface area contributed by atoms with E-state index in [0.29, 0.717) is 5.39 Å². The Balaban J connectivity index is 1.71. The van der Waals surface area contributed by atoms with Gasteiger partial charge < -0.3 is 4.74 Å². The molecule has 5 heteroatoms. The molecule has 1 nitrogen and oxygen atoms in total. The molecule has 0 saturated heterocycles. The molecule has 0 bridgehead atoms. The third kappa shape index (κ3) is 4.47. The first kappa shape index (κ1) is 21.9. The highest BCUT2D eigenvalue weighted by molar-refractivity contribution is 5.85. The van der Waals surface area contributed by atoms with E-state index in [-0.39, 0.29) is 11.3 Å². The predicted molar refractivity (Wildman–Crippen MR) is 119 cm³/mol. The Morgan fingerprint density at radius 1 is 0.969 bits per heavy atom. The van der Waals surface area contributed by atoms with Crippen molar-refractivity contribution in [2.75, 3.05) is 0 Å². The Kier molecular flexibility index (Phi) is 5.92. The first-order valence-electron chi connectivity index (χ1n) is 10.3. The van der Waals surface area contributed by atoms with Gasteiger partial charge in [0.05, 0.1) is 0 Å².